The molecule has 0 aliphatic carbocycles. The zero-order valence-corrected chi connectivity index (χ0v) is 15.7. The van der Waals surface area contributed by atoms with Crippen LogP contribution in [0.5, 0.6) is 0 Å². The Labute approximate surface area is 162 Å². The lowest BCUT2D eigenvalue weighted by Gasteiger charge is -2.54. The summed E-state index contributed by atoms with van der Waals surface area (Å²) in [6.07, 6.45) is 3.19. The van der Waals surface area contributed by atoms with Gasteiger partial charge in [-0.25, -0.2) is 9.78 Å². The SMILES string of the molecule is CN1C(=O)CO[C@@H]2CN(C(=O)Cn3cccnc3=O)CC[C@]21c1ccccc1. The van der Waals surface area contributed by atoms with Crippen molar-refractivity contribution in [3.63, 3.8) is 0 Å². The molecule has 28 heavy (non-hydrogen) atoms. The van der Waals surface area contributed by atoms with Crippen LogP contribution in [0.1, 0.15) is 12.0 Å². The van der Waals surface area contributed by atoms with E-state index in [0.29, 0.717) is 19.5 Å². The molecule has 4 rings (SSSR count). The molecule has 0 spiro atoms. The highest BCUT2D eigenvalue weighted by Gasteiger charge is 2.53. The highest BCUT2D eigenvalue weighted by Crippen LogP contribution is 2.42. The van der Waals surface area contributed by atoms with E-state index in [9.17, 15) is 14.4 Å². The smallest absolute Gasteiger partial charge is 0.347 e. The van der Waals surface area contributed by atoms with Crippen LogP contribution < -0.4 is 5.69 Å². The van der Waals surface area contributed by atoms with Crippen molar-refractivity contribution in [2.75, 3.05) is 26.7 Å². The van der Waals surface area contributed by atoms with Gasteiger partial charge in [0.05, 0.1) is 5.54 Å². The minimum Gasteiger partial charge on any atom is -0.364 e. The number of hydrogen-bond acceptors (Lipinski definition) is 5. The minimum atomic E-state index is -0.599. The van der Waals surface area contributed by atoms with Gasteiger partial charge < -0.3 is 14.5 Å². The second kappa shape index (κ2) is 7.20. The van der Waals surface area contributed by atoms with Crippen molar-refractivity contribution in [1.29, 1.82) is 0 Å². The van der Waals surface area contributed by atoms with Crippen molar-refractivity contribution >= 4 is 11.8 Å². The quantitative estimate of drug-likeness (QED) is 0.759. The number of piperidine rings is 1. The summed E-state index contributed by atoms with van der Waals surface area (Å²) >= 11 is 0. The molecule has 1 aromatic heterocycles. The molecule has 2 amide bonds. The maximum atomic E-state index is 12.8. The molecular weight excluding hydrogens is 360 g/mol. The van der Waals surface area contributed by atoms with Crippen molar-refractivity contribution in [2.24, 2.45) is 0 Å². The van der Waals surface area contributed by atoms with Crippen LogP contribution in [0.25, 0.3) is 0 Å². The second-order valence-electron chi connectivity index (χ2n) is 7.16. The highest BCUT2D eigenvalue weighted by atomic mass is 16.5. The van der Waals surface area contributed by atoms with Crippen molar-refractivity contribution in [3.05, 3.63) is 64.8 Å². The number of fused-ring (bicyclic) bond motifs is 1. The van der Waals surface area contributed by atoms with Gasteiger partial charge in [-0.3, -0.25) is 14.2 Å². The first kappa shape index (κ1) is 18.4. The molecule has 146 valence electrons. The molecule has 0 bridgehead atoms. The zero-order valence-electron chi connectivity index (χ0n) is 15.7. The number of morpholine rings is 1. The van der Waals surface area contributed by atoms with Crippen molar-refractivity contribution in [2.45, 2.75) is 24.6 Å². The fourth-order valence-corrected chi connectivity index (χ4v) is 4.20. The maximum absolute atomic E-state index is 12.8. The van der Waals surface area contributed by atoms with E-state index >= 15 is 0 Å². The fourth-order valence-electron chi connectivity index (χ4n) is 4.20. The number of aromatic nitrogens is 2. The molecule has 8 heteroatoms. The molecule has 2 aromatic rings. The lowest BCUT2D eigenvalue weighted by Crippen LogP contribution is -2.67. The van der Waals surface area contributed by atoms with Crippen LogP contribution in [-0.4, -0.2) is 64.0 Å². The van der Waals surface area contributed by atoms with Crippen LogP contribution in [0, 0.1) is 0 Å². The van der Waals surface area contributed by atoms with Crippen LogP contribution in [0.4, 0.5) is 0 Å². The molecule has 2 fully saturated rings. The molecule has 0 N–H and O–H groups in total. The van der Waals surface area contributed by atoms with Gasteiger partial charge in [-0.2, -0.15) is 0 Å². The molecule has 2 aliphatic heterocycles. The molecule has 2 aliphatic rings. The van der Waals surface area contributed by atoms with E-state index < -0.39 is 11.2 Å². The number of nitrogens with zero attached hydrogens (tertiary/aromatic N) is 4. The largest absolute Gasteiger partial charge is 0.364 e. The monoisotopic (exact) mass is 382 g/mol. The first-order chi connectivity index (χ1) is 13.5. The Morgan fingerprint density at radius 3 is 2.79 bits per heavy atom. The van der Waals surface area contributed by atoms with E-state index in [1.54, 1.807) is 29.1 Å². The van der Waals surface area contributed by atoms with E-state index in [4.69, 9.17) is 4.74 Å². The van der Waals surface area contributed by atoms with Gasteiger partial charge in [-0.1, -0.05) is 30.3 Å². The number of ether oxygens (including phenoxy) is 1. The fraction of sp³-hybridized carbons (Fsp3) is 0.400. The average molecular weight is 382 g/mol. The van der Waals surface area contributed by atoms with Crippen LogP contribution in [0.15, 0.2) is 53.6 Å². The van der Waals surface area contributed by atoms with Crippen LogP contribution in [0.2, 0.25) is 0 Å². The Morgan fingerprint density at radius 1 is 1.25 bits per heavy atom. The number of likely N-dealkylation sites (N-methyl/N-ethyl adjacent to an activating group) is 1. The summed E-state index contributed by atoms with van der Waals surface area (Å²) in [5, 5.41) is 0. The van der Waals surface area contributed by atoms with Gasteiger partial charge in [0.25, 0.3) is 0 Å². The molecular formula is C20H22N4O4. The maximum Gasteiger partial charge on any atom is 0.347 e. The minimum absolute atomic E-state index is 0.000155. The highest BCUT2D eigenvalue weighted by molar-refractivity contribution is 5.80. The first-order valence-electron chi connectivity index (χ1n) is 9.25. The van der Waals surface area contributed by atoms with Gasteiger partial charge in [-0.15, -0.1) is 0 Å². The molecule has 0 unspecified atom stereocenters. The number of carbonyl (C=O) groups excluding carboxylic acids is 2. The van der Waals surface area contributed by atoms with Crippen molar-refractivity contribution in [1.82, 2.24) is 19.4 Å². The lowest BCUT2D eigenvalue weighted by atomic mass is 9.76. The van der Waals surface area contributed by atoms with E-state index in [1.165, 1.54) is 10.8 Å². The number of likely N-dealkylation sites (tertiary alicyclic amines) is 1. The molecule has 2 saturated heterocycles. The summed E-state index contributed by atoms with van der Waals surface area (Å²) in [5.41, 5.74) is -0.0460. The standard InChI is InChI=1S/C20H22N4O4/c1-22-18(26)14-28-16-12-23(17(25)13-24-10-5-9-21-19(24)27)11-8-20(16,22)15-6-3-2-4-7-15/h2-7,9-10,16H,8,11-14H2,1H3/t16-,20+/m1/s1. The number of rotatable bonds is 3. The molecule has 0 saturated carbocycles. The zero-order chi connectivity index (χ0) is 19.7. The number of carbonyl (C=O) groups is 2. The summed E-state index contributed by atoms with van der Waals surface area (Å²) in [5.74, 6) is -0.235. The third kappa shape index (κ3) is 2.99. The van der Waals surface area contributed by atoms with Gasteiger partial charge in [0.15, 0.2) is 0 Å². The third-order valence-corrected chi connectivity index (χ3v) is 5.78. The van der Waals surface area contributed by atoms with E-state index in [0.717, 1.165) is 5.56 Å². The summed E-state index contributed by atoms with van der Waals surface area (Å²) in [6.45, 7) is 0.771. The van der Waals surface area contributed by atoms with Gasteiger partial charge >= 0.3 is 5.69 Å². The summed E-state index contributed by atoms with van der Waals surface area (Å²) in [7, 11) is 1.80. The topological polar surface area (TPSA) is 84.7 Å². The summed E-state index contributed by atoms with van der Waals surface area (Å²) < 4.78 is 7.20. The molecule has 8 nitrogen and oxygen atoms in total. The predicted molar refractivity (Wildman–Crippen MR) is 100 cm³/mol. The Morgan fingerprint density at radius 2 is 2.04 bits per heavy atom. The van der Waals surface area contributed by atoms with E-state index in [2.05, 4.69) is 4.98 Å². The van der Waals surface area contributed by atoms with E-state index in [1.807, 2.05) is 30.3 Å². The van der Waals surface area contributed by atoms with Crippen molar-refractivity contribution in [3.8, 4) is 0 Å². The molecule has 2 atom stereocenters. The van der Waals surface area contributed by atoms with E-state index in [-0.39, 0.29) is 31.1 Å². The number of benzene rings is 1. The van der Waals surface area contributed by atoms with Crippen molar-refractivity contribution < 1.29 is 14.3 Å². The van der Waals surface area contributed by atoms with Crippen LogP contribution in [-0.2, 0) is 26.4 Å². The Balaban J connectivity index is 1.59. The molecule has 0 radical (unpaired) electrons. The van der Waals surface area contributed by atoms with Gasteiger partial charge in [0.1, 0.15) is 19.3 Å². The Hall–Kier alpha value is -3.00. The molecule has 3 heterocycles. The molecule has 1 aromatic carbocycles. The Bertz CT molecular complexity index is 944. The van der Waals surface area contributed by atoms with Crippen LogP contribution in [0.3, 0.4) is 0 Å². The third-order valence-electron chi connectivity index (χ3n) is 5.78. The number of hydrogen-bond donors (Lipinski definition) is 0. The number of amides is 2. The average Bonchev–Trinajstić information content (AvgIpc) is 2.73. The Kier molecular flexibility index (Phi) is 4.72. The van der Waals surface area contributed by atoms with Gasteiger partial charge in [-0.05, 0) is 18.1 Å². The lowest BCUT2D eigenvalue weighted by molar-refractivity contribution is -0.184. The second-order valence-corrected chi connectivity index (χ2v) is 7.16. The van der Waals surface area contributed by atoms with Gasteiger partial charge in [0, 0.05) is 32.5 Å². The normalized spacial score (nSPS) is 24.8. The van der Waals surface area contributed by atoms with Gasteiger partial charge in [0.2, 0.25) is 11.8 Å². The van der Waals surface area contributed by atoms with Crippen LogP contribution >= 0.6 is 0 Å². The summed E-state index contributed by atoms with van der Waals surface area (Å²) in [4.78, 5) is 44.1. The first-order valence-corrected chi connectivity index (χ1v) is 9.25. The summed E-state index contributed by atoms with van der Waals surface area (Å²) in [6, 6.07) is 11.4. The predicted octanol–water partition coefficient (Wildman–Crippen LogP) is 0.228.